The fourth-order valence-electron chi connectivity index (χ4n) is 2.56. The van der Waals surface area contributed by atoms with E-state index in [0.717, 1.165) is 14.7 Å². The highest BCUT2D eigenvalue weighted by molar-refractivity contribution is 14.1. The Morgan fingerprint density at radius 2 is 1.76 bits per heavy atom. The molecule has 2 atom stereocenters. The van der Waals surface area contributed by atoms with Gasteiger partial charge in [0.1, 0.15) is 0 Å². The van der Waals surface area contributed by atoms with Crippen molar-refractivity contribution in [3.63, 3.8) is 0 Å². The first-order valence-corrected chi connectivity index (χ1v) is 9.07. The highest BCUT2D eigenvalue weighted by Gasteiger charge is 2.34. The number of halogens is 1. The summed E-state index contributed by atoms with van der Waals surface area (Å²) in [5.41, 5.74) is 1.83. The van der Waals surface area contributed by atoms with Gasteiger partial charge >= 0.3 is 0 Å². The van der Waals surface area contributed by atoms with Crippen molar-refractivity contribution in [1.82, 2.24) is 4.72 Å². The van der Waals surface area contributed by atoms with E-state index in [1.165, 1.54) is 0 Å². The molecule has 0 fully saturated rings. The first-order chi connectivity index (χ1) is 9.97. The van der Waals surface area contributed by atoms with Crippen LogP contribution in [0, 0.1) is 3.57 Å². The van der Waals surface area contributed by atoms with Gasteiger partial charge in [-0.15, -0.1) is 0 Å². The Morgan fingerprint density at radius 1 is 1.10 bits per heavy atom. The van der Waals surface area contributed by atoms with Gasteiger partial charge in [-0.3, -0.25) is 0 Å². The van der Waals surface area contributed by atoms with Gasteiger partial charge in [0.15, 0.2) is 0 Å². The maximum Gasteiger partial charge on any atom is 0.241 e. The molecule has 0 heterocycles. The summed E-state index contributed by atoms with van der Waals surface area (Å²) in [4.78, 5) is 0.208. The topological polar surface area (TPSA) is 66.4 Å². The van der Waals surface area contributed by atoms with Crippen LogP contribution in [0.1, 0.15) is 17.2 Å². The Bertz CT molecular complexity index is 759. The van der Waals surface area contributed by atoms with Crippen LogP contribution >= 0.6 is 22.6 Å². The standard InChI is InChI=1S/C15H14INO3S/c16-11-5-7-12(8-6-11)21(19,20)17-15-13-4-2-1-3-10(13)9-14(15)18/h1-8,14-15,17-18H,9H2/t14-,15+/m1/s1. The lowest BCUT2D eigenvalue weighted by molar-refractivity contribution is 0.151. The molecule has 2 aromatic rings. The quantitative estimate of drug-likeness (QED) is 0.756. The molecule has 0 unspecified atom stereocenters. The molecule has 0 saturated carbocycles. The highest BCUT2D eigenvalue weighted by atomic mass is 127. The van der Waals surface area contributed by atoms with Crippen molar-refractivity contribution < 1.29 is 13.5 Å². The van der Waals surface area contributed by atoms with E-state index in [-0.39, 0.29) is 4.90 Å². The molecule has 1 aliphatic carbocycles. The number of benzene rings is 2. The number of sulfonamides is 1. The fraction of sp³-hybridized carbons (Fsp3) is 0.200. The van der Waals surface area contributed by atoms with Crippen molar-refractivity contribution in [2.24, 2.45) is 0 Å². The molecule has 21 heavy (non-hydrogen) atoms. The monoisotopic (exact) mass is 415 g/mol. The van der Waals surface area contributed by atoms with Crippen LogP contribution in [0.4, 0.5) is 0 Å². The average Bonchev–Trinajstić information content (AvgIpc) is 2.75. The van der Waals surface area contributed by atoms with Gasteiger partial charge in [-0.1, -0.05) is 24.3 Å². The van der Waals surface area contributed by atoms with Crippen LogP contribution in [0.5, 0.6) is 0 Å². The van der Waals surface area contributed by atoms with Crippen molar-refractivity contribution in [2.45, 2.75) is 23.5 Å². The van der Waals surface area contributed by atoms with Crippen LogP contribution in [0.3, 0.4) is 0 Å². The summed E-state index contributed by atoms with van der Waals surface area (Å²) in [5, 5.41) is 10.1. The first kappa shape index (κ1) is 15.0. The zero-order chi connectivity index (χ0) is 15.0. The minimum absolute atomic E-state index is 0.208. The maximum absolute atomic E-state index is 12.4. The second-order valence-electron chi connectivity index (χ2n) is 5.02. The summed E-state index contributed by atoms with van der Waals surface area (Å²) in [6, 6.07) is 13.5. The van der Waals surface area contributed by atoms with Crippen LogP contribution < -0.4 is 4.72 Å². The lowest BCUT2D eigenvalue weighted by atomic mass is 10.1. The second-order valence-corrected chi connectivity index (χ2v) is 7.98. The largest absolute Gasteiger partial charge is 0.391 e. The van der Waals surface area contributed by atoms with Crippen LogP contribution in [0.25, 0.3) is 0 Å². The summed E-state index contributed by atoms with van der Waals surface area (Å²) < 4.78 is 28.4. The van der Waals surface area contributed by atoms with Gasteiger partial charge in [-0.25, -0.2) is 13.1 Å². The van der Waals surface area contributed by atoms with Crippen LogP contribution in [-0.4, -0.2) is 19.6 Å². The lowest BCUT2D eigenvalue weighted by Gasteiger charge is -2.18. The summed E-state index contributed by atoms with van der Waals surface area (Å²) in [5.74, 6) is 0. The van der Waals surface area contributed by atoms with E-state index in [0.29, 0.717) is 6.42 Å². The molecule has 0 aromatic heterocycles. The van der Waals surface area contributed by atoms with Crippen molar-refractivity contribution in [3.8, 4) is 0 Å². The number of hydrogen-bond donors (Lipinski definition) is 2. The second kappa shape index (κ2) is 5.68. The third-order valence-electron chi connectivity index (χ3n) is 3.61. The number of hydrogen-bond acceptors (Lipinski definition) is 3. The molecular weight excluding hydrogens is 401 g/mol. The smallest absolute Gasteiger partial charge is 0.241 e. The van der Waals surface area contributed by atoms with Crippen LogP contribution in [-0.2, 0) is 16.4 Å². The molecule has 0 amide bonds. The minimum atomic E-state index is -3.65. The van der Waals surface area contributed by atoms with Gasteiger partial charge in [0, 0.05) is 9.99 Å². The zero-order valence-corrected chi connectivity index (χ0v) is 14.0. The zero-order valence-electron chi connectivity index (χ0n) is 11.0. The van der Waals surface area contributed by atoms with Crippen molar-refractivity contribution in [3.05, 3.63) is 63.2 Å². The van der Waals surface area contributed by atoms with E-state index in [9.17, 15) is 13.5 Å². The molecule has 4 nitrogen and oxygen atoms in total. The number of rotatable bonds is 3. The predicted octanol–water partition coefficient (Wildman–Crippen LogP) is 2.23. The van der Waals surface area contributed by atoms with E-state index < -0.39 is 22.2 Å². The normalized spacial score (nSPS) is 21.2. The molecule has 0 aliphatic heterocycles. The van der Waals surface area contributed by atoms with E-state index in [4.69, 9.17) is 0 Å². The molecule has 0 radical (unpaired) electrons. The van der Waals surface area contributed by atoms with Crippen molar-refractivity contribution in [1.29, 1.82) is 0 Å². The molecule has 110 valence electrons. The summed E-state index contributed by atoms with van der Waals surface area (Å²) >= 11 is 2.12. The van der Waals surface area contributed by atoms with Crippen LogP contribution in [0.15, 0.2) is 53.4 Å². The molecule has 0 bridgehead atoms. The average molecular weight is 415 g/mol. The lowest BCUT2D eigenvalue weighted by Crippen LogP contribution is -2.33. The first-order valence-electron chi connectivity index (χ1n) is 6.51. The Morgan fingerprint density at radius 3 is 2.48 bits per heavy atom. The Labute approximate surface area is 137 Å². The fourth-order valence-corrected chi connectivity index (χ4v) is 4.17. The maximum atomic E-state index is 12.4. The van der Waals surface area contributed by atoms with E-state index in [2.05, 4.69) is 27.3 Å². The molecule has 2 N–H and O–H groups in total. The Kier molecular flexibility index (Phi) is 4.04. The summed E-state index contributed by atoms with van der Waals surface area (Å²) in [7, 11) is -3.65. The molecule has 2 aromatic carbocycles. The molecule has 3 rings (SSSR count). The van der Waals surface area contributed by atoms with Gasteiger partial charge in [0.2, 0.25) is 10.0 Å². The van der Waals surface area contributed by atoms with Gasteiger partial charge < -0.3 is 5.11 Å². The molecular formula is C15H14INO3S. The van der Waals surface area contributed by atoms with Gasteiger partial charge in [-0.2, -0.15) is 0 Å². The number of fused-ring (bicyclic) bond motifs is 1. The third-order valence-corrected chi connectivity index (χ3v) is 5.79. The van der Waals surface area contributed by atoms with Gasteiger partial charge in [0.05, 0.1) is 17.0 Å². The van der Waals surface area contributed by atoms with E-state index in [1.54, 1.807) is 24.3 Å². The van der Waals surface area contributed by atoms with E-state index >= 15 is 0 Å². The van der Waals surface area contributed by atoms with Gasteiger partial charge in [-0.05, 0) is 58.0 Å². The Balaban J connectivity index is 1.91. The highest BCUT2D eigenvalue weighted by Crippen LogP contribution is 2.32. The van der Waals surface area contributed by atoms with Crippen molar-refractivity contribution in [2.75, 3.05) is 0 Å². The van der Waals surface area contributed by atoms with E-state index in [1.807, 2.05) is 24.3 Å². The SMILES string of the molecule is O=S(=O)(N[C@H]1c2ccccc2C[C@H]1O)c1ccc(I)cc1. The Hall–Kier alpha value is -0.960. The molecule has 0 spiro atoms. The molecule has 1 aliphatic rings. The number of nitrogens with one attached hydrogen (secondary N) is 1. The summed E-state index contributed by atoms with van der Waals surface area (Å²) in [6.07, 6.45) is -0.267. The molecule has 6 heteroatoms. The molecule has 0 saturated heterocycles. The predicted molar refractivity (Wildman–Crippen MR) is 88.4 cm³/mol. The third kappa shape index (κ3) is 2.98. The van der Waals surface area contributed by atoms with Gasteiger partial charge in [0.25, 0.3) is 0 Å². The number of aliphatic hydroxyl groups excluding tert-OH is 1. The van der Waals surface area contributed by atoms with Crippen molar-refractivity contribution >= 4 is 32.6 Å². The number of aliphatic hydroxyl groups is 1. The summed E-state index contributed by atoms with van der Waals surface area (Å²) in [6.45, 7) is 0. The minimum Gasteiger partial charge on any atom is -0.391 e. The van der Waals surface area contributed by atoms with Crippen LogP contribution in [0.2, 0.25) is 0 Å².